The van der Waals surface area contributed by atoms with Gasteiger partial charge in [-0.2, -0.15) is 0 Å². The molecule has 0 aliphatic rings. The van der Waals surface area contributed by atoms with Crippen molar-refractivity contribution in [2.24, 2.45) is 0 Å². The molecule has 3 heteroatoms. The van der Waals surface area contributed by atoms with Crippen molar-refractivity contribution in [2.75, 3.05) is 18.5 Å². The van der Waals surface area contributed by atoms with Crippen molar-refractivity contribution < 1.29 is 0 Å². The molecule has 0 atom stereocenters. The first-order valence-corrected chi connectivity index (χ1v) is 6.95. The van der Waals surface area contributed by atoms with Gasteiger partial charge in [0.2, 0.25) is 5.95 Å². The number of likely N-dealkylation sites (N-methyl/N-ethyl adjacent to an activating group) is 1. The van der Waals surface area contributed by atoms with Gasteiger partial charge in [0.15, 0.2) is 0 Å². The quantitative estimate of drug-likeness (QED) is 0.850. The lowest BCUT2D eigenvalue weighted by Gasteiger charge is -2.31. The molecule has 0 N–H and O–H groups in total. The van der Waals surface area contributed by atoms with E-state index in [4.69, 9.17) is 0 Å². The Morgan fingerprint density at radius 3 is 2.05 bits per heavy atom. The Bertz CT molecular complexity index is 556. The minimum Gasteiger partial charge on any atom is -0.343 e. The van der Waals surface area contributed by atoms with Gasteiger partial charge in [0.25, 0.3) is 0 Å². The molecule has 0 aliphatic carbocycles. The summed E-state index contributed by atoms with van der Waals surface area (Å²) in [6, 6.07) is 8.75. The molecule has 106 valence electrons. The van der Waals surface area contributed by atoms with Crippen molar-refractivity contribution in [3.05, 3.63) is 53.3 Å². The molecule has 2 rings (SSSR count). The predicted molar refractivity (Wildman–Crippen MR) is 84.2 cm³/mol. The van der Waals surface area contributed by atoms with Crippen LogP contribution in [-0.4, -0.2) is 23.6 Å². The molecule has 0 aliphatic heterocycles. The Kier molecular flexibility index (Phi) is 4.07. The number of hydrogen-bond donors (Lipinski definition) is 0. The number of nitrogens with zero attached hydrogens (tertiary/aromatic N) is 3. The van der Waals surface area contributed by atoms with Gasteiger partial charge in [-0.3, -0.25) is 0 Å². The van der Waals surface area contributed by atoms with Crippen molar-refractivity contribution in [3.63, 3.8) is 0 Å². The van der Waals surface area contributed by atoms with Gasteiger partial charge in [0.1, 0.15) is 0 Å². The second kappa shape index (κ2) is 5.61. The van der Waals surface area contributed by atoms with Crippen molar-refractivity contribution in [1.82, 2.24) is 9.97 Å². The third-order valence-corrected chi connectivity index (χ3v) is 3.57. The van der Waals surface area contributed by atoms with Crippen LogP contribution in [-0.2, 0) is 5.41 Å². The van der Waals surface area contributed by atoms with Gasteiger partial charge in [-0.05, 0) is 25.0 Å². The number of aryl methyl sites for hydroxylation is 2. The fourth-order valence-corrected chi connectivity index (χ4v) is 2.34. The van der Waals surface area contributed by atoms with E-state index in [0.717, 1.165) is 18.1 Å². The molecular weight excluding hydrogens is 246 g/mol. The lowest BCUT2D eigenvalue weighted by atomic mass is 9.84. The van der Waals surface area contributed by atoms with Gasteiger partial charge < -0.3 is 4.90 Å². The average molecular weight is 269 g/mol. The Hall–Kier alpha value is -1.90. The molecule has 0 saturated heterocycles. The van der Waals surface area contributed by atoms with Crippen LogP contribution in [0.5, 0.6) is 0 Å². The smallest absolute Gasteiger partial charge is 0.225 e. The second-order valence-electron chi connectivity index (χ2n) is 6.17. The molecule has 1 aromatic carbocycles. The minimum atomic E-state index is 0.0523. The minimum absolute atomic E-state index is 0.0523. The summed E-state index contributed by atoms with van der Waals surface area (Å²) in [6.07, 6.45) is 3.72. The molecule has 0 bridgehead atoms. The molecule has 20 heavy (non-hydrogen) atoms. The van der Waals surface area contributed by atoms with E-state index >= 15 is 0 Å². The normalized spacial score (nSPS) is 11.4. The number of aromatic nitrogens is 2. The molecule has 0 radical (unpaired) electrons. The molecular formula is C17H23N3. The lowest BCUT2D eigenvalue weighted by molar-refractivity contribution is 0.520. The van der Waals surface area contributed by atoms with Crippen molar-refractivity contribution in [2.45, 2.75) is 33.1 Å². The number of benzene rings is 1. The van der Waals surface area contributed by atoms with Crippen molar-refractivity contribution in [1.29, 1.82) is 0 Å². The van der Waals surface area contributed by atoms with E-state index in [1.54, 1.807) is 0 Å². The maximum atomic E-state index is 4.38. The average Bonchev–Trinajstić information content (AvgIpc) is 2.39. The summed E-state index contributed by atoms with van der Waals surface area (Å²) in [5.41, 5.74) is 3.76. The number of anilines is 1. The first kappa shape index (κ1) is 14.5. The Labute approximate surface area is 121 Å². The fourth-order valence-electron chi connectivity index (χ4n) is 2.34. The highest BCUT2D eigenvalue weighted by Gasteiger charge is 2.23. The van der Waals surface area contributed by atoms with Crippen LogP contribution in [0, 0.1) is 13.8 Å². The largest absolute Gasteiger partial charge is 0.343 e. The Morgan fingerprint density at radius 2 is 1.50 bits per heavy atom. The predicted octanol–water partition coefficient (Wildman–Crippen LogP) is 3.51. The van der Waals surface area contributed by atoms with Crippen LogP contribution in [0.4, 0.5) is 5.95 Å². The zero-order valence-electron chi connectivity index (χ0n) is 13.0. The Morgan fingerprint density at radius 1 is 0.950 bits per heavy atom. The van der Waals surface area contributed by atoms with E-state index < -0.39 is 0 Å². The van der Waals surface area contributed by atoms with Gasteiger partial charge in [0, 0.05) is 31.4 Å². The highest BCUT2D eigenvalue weighted by Crippen LogP contribution is 2.25. The van der Waals surface area contributed by atoms with E-state index in [0.29, 0.717) is 0 Å². The van der Waals surface area contributed by atoms with Crippen molar-refractivity contribution in [3.8, 4) is 0 Å². The van der Waals surface area contributed by atoms with E-state index in [2.05, 4.69) is 59.9 Å². The van der Waals surface area contributed by atoms with Crippen LogP contribution >= 0.6 is 0 Å². The lowest BCUT2D eigenvalue weighted by Crippen LogP contribution is -2.35. The second-order valence-corrected chi connectivity index (χ2v) is 6.17. The summed E-state index contributed by atoms with van der Waals surface area (Å²) in [4.78, 5) is 10.9. The zero-order chi connectivity index (χ0) is 14.8. The first-order valence-electron chi connectivity index (χ1n) is 6.95. The molecule has 2 aromatic rings. The maximum absolute atomic E-state index is 4.38. The number of rotatable bonds is 4. The van der Waals surface area contributed by atoms with Gasteiger partial charge >= 0.3 is 0 Å². The summed E-state index contributed by atoms with van der Waals surface area (Å²) >= 11 is 0. The maximum Gasteiger partial charge on any atom is 0.225 e. The van der Waals surface area contributed by atoms with Crippen LogP contribution in [0.2, 0.25) is 0 Å². The molecule has 1 aromatic heterocycles. The molecule has 0 unspecified atom stereocenters. The topological polar surface area (TPSA) is 29.0 Å². The van der Waals surface area contributed by atoms with Gasteiger partial charge in [-0.25, -0.2) is 9.97 Å². The van der Waals surface area contributed by atoms with Gasteiger partial charge in [0.05, 0.1) is 0 Å². The zero-order valence-corrected chi connectivity index (χ0v) is 13.0. The Balaban J connectivity index is 2.14. The number of hydrogen-bond acceptors (Lipinski definition) is 3. The fraction of sp³-hybridized carbons (Fsp3) is 0.412. The molecule has 1 heterocycles. The SMILES string of the molecule is Cc1ccc(C(C)(C)CN(C)c2ncc(C)cn2)cc1. The van der Waals surface area contributed by atoms with Crippen LogP contribution < -0.4 is 4.90 Å². The van der Waals surface area contributed by atoms with Crippen LogP contribution in [0.1, 0.15) is 30.5 Å². The van der Waals surface area contributed by atoms with E-state index in [9.17, 15) is 0 Å². The highest BCUT2D eigenvalue weighted by molar-refractivity contribution is 5.34. The summed E-state index contributed by atoms with van der Waals surface area (Å²) in [5, 5.41) is 0. The van der Waals surface area contributed by atoms with E-state index in [1.807, 2.05) is 26.4 Å². The first-order chi connectivity index (χ1) is 9.38. The van der Waals surface area contributed by atoms with Crippen LogP contribution in [0.3, 0.4) is 0 Å². The van der Waals surface area contributed by atoms with E-state index in [1.165, 1.54) is 11.1 Å². The monoisotopic (exact) mass is 269 g/mol. The summed E-state index contributed by atoms with van der Waals surface area (Å²) in [5.74, 6) is 0.774. The molecule has 0 fully saturated rings. The summed E-state index contributed by atoms with van der Waals surface area (Å²) in [6.45, 7) is 9.49. The van der Waals surface area contributed by atoms with Gasteiger partial charge in [-0.15, -0.1) is 0 Å². The van der Waals surface area contributed by atoms with Crippen LogP contribution in [0.25, 0.3) is 0 Å². The van der Waals surface area contributed by atoms with Crippen LogP contribution in [0.15, 0.2) is 36.7 Å². The summed E-state index contributed by atoms with van der Waals surface area (Å²) in [7, 11) is 2.04. The molecule has 0 amide bonds. The summed E-state index contributed by atoms with van der Waals surface area (Å²) < 4.78 is 0. The molecule has 3 nitrogen and oxygen atoms in total. The van der Waals surface area contributed by atoms with Crippen molar-refractivity contribution >= 4 is 5.95 Å². The van der Waals surface area contributed by atoms with Gasteiger partial charge in [-0.1, -0.05) is 43.7 Å². The third kappa shape index (κ3) is 3.35. The standard InChI is InChI=1S/C17H23N3/c1-13-6-8-15(9-7-13)17(3,4)12-20(5)16-18-10-14(2)11-19-16/h6-11H,12H2,1-5H3. The highest BCUT2D eigenvalue weighted by atomic mass is 15.2. The molecule has 0 saturated carbocycles. The molecule has 0 spiro atoms. The third-order valence-electron chi connectivity index (χ3n) is 3.57. The van der Waals surface area contributed by atoms with E-state index in [-0.39, 0.29) is 5.41 Å².